The van der Waals surface area contributed by atoms with E-state index in [1.807, 2.05) is 4.72 Å². The highest BCUT2D eigenvalue weighted by molar-refractivity contribution is 7.92. The van der Waals surface area contributed by atoms with Crippen molar-refractivity contribution in [3.8, 4) is 0 Å². The molecule has 0 saturated heterocycles. The Kier molecular flexibility index (Phi) is 4.52. The fraction of sp³-hybridized carbons (Fsp3) is 0.0714. The van der Waals surface area contributed by atoms with E-state index in [1.54, 1.807) is 0 Å². The highest BCUT2D eigenvalue weighted by Gasteiger charge is 2.35. The summed E-state index contributed by atoms with van der Waals surface area (Å²) in [5, 5.41) is 0. The van der Waals surface area contributed by atoms with Crippen molar-refractivity contribution in [1.82, 2.24) is 0 Å². The maximum atomic E-state index is 13.3. The Balaban J connectivity index is 2.48. The van der Waals surface area contributed by atoms with E-state index in [0.717, 1.165) is 0 Å². The van der Waals surface area contributed by atoms with E-state index in [4.69, 9.17) is 5.73 Å². The van der Waals surface area contributed by atoms with Crippen LogP contribution < -0.4 is 10.5 Å². The number of hydrogen-bond acceptors (Lipinski definition) is 3. The van der Waals surface area contributed by atoms with E-state index in [9.17, 15) is 30.8 Å². The van der Waals surface area contributed by atoms with Crippen molar-refractivity contribution in [3.05, 3.63) is 59.4 Å². The van der Waals surface area contributed by atoms with Crippen LogP contribution in [0.2, 0.25) is 0 Å². The van der Waals surface area contributed by atoms with E-state index in [2.05, 4.69) is 0 Å². The molecule has 0 saturated carbocycles. The van der Waals surface area contributed by atoms with Gasteiger partial charge in [-0.3, -0.25) is 9.52 Å². The number of nitrogens with two attached hydrogens (primary N) is 1. The molecule has 0 atom stereocenters. The molecule has 0 spiro atoms. The highest BCUT2D eigenvalue weighted by atomic mass is 32.2. The van der Waals surface area contributed by atoms with Crippen LogP contribution in [0.25, 0.3) is 0 Å². The minimum Gasteiger partial charge on any atom is -0.366 e. The molecular formula is C14H10F4N2O3S. The Morgan fingerprint density at radius 3 is 2.29 bits per heavy atom. The largest absolute Gasteiger partial charge is 0.419 e. The Bertz CT molecular complexity index is 895. The van der Waals surface area contributed by atoms with Crippen molar-refractivity contribution >= 4 is 21.6 Å². The van der Waals surface area contributed by atoms with Gasteiger partial charge >= 0.3 is 6.18 Å². The molecule has 0 bridgehead atoms. The average Bonchev–Trinajstić information content (AvgIpc) is 2.46. The Labute approximate surface area is 134 Å². The molecule has 2 rings (SSSR count). The fourth-order valence-corrected chi connectivity index (χ4v) is 2.99. The predicted octanol–water partition coefficient (Wildman–Crippen LogP) is 2.74. The minimum absolute atomic E-state index is 0.167. The second-order valence-corrected chi connectivity index (χ2v) is 6.34. The first-order chi connectivity index (χ1) is 11.0. The molecule has 5 nitrogen and oxygen atoms in total. The number of anilines is 1. The van der Waals surface area contributed by atoms with Gasteiger partial charge in [-0.25, -0.2) is 12.8 Å². The average molecular weight is 362 g/mol. The fourth-order valence-electron chi connectivity index (χ4n) is 1.88. The van der Waals surface area contributed by atoms with E-state index in [0.29, 0.717) is 12.1 Å². The quantitative estimate of drug-likeness (QED) is 0.820. The van der Waals surface area contributed by atoms with Crippen molar-refractivity contribution in [1.29, 1.82) is 0 Å². The number of halogens is 4. The van der Waals surface area contributed by atoms with Crippen LogP contribution in [0.5, 0.6) is 0 Å². The molecular weight excluding hydrogens is 352 g/mol. The maximum Gasteiger partial charge on any atom is 0.419 e. The minimum atomic E-state index is -5.05. The molecule has 2 aromatic rings. The number of hydrogen-bond donors (Lipinski definition) is 2. The molecule has 10 heteroatoms. The second-order valence-electron chi connectivity index (χ2n) is 4.65. The lowest BCUT2D eigenvalue weighted by molar-refractivity contribution is -0.140. The van der Waals surface area contributed by atoms with Crippen molar-refractivity contribution in [2.45, 2.75) is 11.1 Å². The molecule has 0 aliphatic heterocycles. The van der Waals surface area contributed by atoms with E-state index < -0.39 is 38.4 Å². The monoisotopic (exact) mass is 362 g/mol. The second kappa shape index (κ2) is 6.11. The summed E-state index contributed by atoms with van der Waals surface area (Å²) < 4.78 is 77.7. The molecule has 0 unspecified atom stereocenters. The zero-order valence-electron chi connectivity index (χ0n) is 11.8. The van der Waals surface area contributed by atoms with Gasteiger partial charge in [0.1, 0.15) is 5.82 Å². The topological polar surface area (TPSA) is 89.3 Å². The van der Waals surface area contributed by atoms with Crippen LogP contribution in [0, 0.1) is 5.82 Å². The van der Waals surface area contributed by atoms with Gasteiger partial charge in [0, 0.05) is 0 Å². The molecule has 2 aromatic carbocycles. The van der Waals surface area contributed by atoms with Crippen LogP contribution in [-0.4, -0.2) is 14.3 Å². The van der Waals surface area contributed by atoms with Gasteiger partial charge in [-0.05, 0) is 30.3 Å². The van der Waals surface area contributed by atoms with Crippen molar-refractivity contribution in [2.24, 2.45) is 5.73 Å². The normalized spacial score (nSPS) is 12.0. The van der Waals surface area contributed by atoms with Gasteiger partial charge in [0.05, 0.1) is 21.7 Å². The third-order valence-corrected chi connectivity index (χ3v) is 4.35. The SMILES string of the molecule is NC(=O)c1ccccc1NS(=O)(=O)c1ccc(F)c(C(F)(F)F)c1. The van der Waals surface area contributed by atoms with Crippen molar-refractivity contribution in [2.75, 3.05) is 4.72 Å². The van der Waals surface area contributed by atoms with Crippen LogP contribution in [-0.2, 0) is 16.2 Å². The zero-order valence-corrected chi connectivity index (χ0v) is 12.6. The summed E-state index contributed by atoms with van der Waals surface area (Å²) in [6.07, 6.45) is -5.05. The first kappa shape index (κ1) is 17.7. The number of para-hydroxylation sites is 1. The smallest absolute Gasteiger partial charge is 0.366 e. The van der Waals surface area contributed by atoms with Crippen molar-refractivity contribution in [3.63, 3.8) is 0 Å². The van der Waals surface area contributed by atoms with Crippen molar-refractivity contribution < 1.29 is 30.8 Å². The summed E-state index contributed by atoms with van der Waals surface area (Å²) in [6.45, 7) is 0. The summed E-state index contributed by atoms with van der Waals surface area (Å²) in [5.74, 6) is -2.53. The Morgan fingerprint density at radius 2 is 1.71 bits per heavy atom. The van der Waals surface area contributed by atoms with Crippen LogP contribution in [0.4, 0.5) is 23.2 Å². The van der Waals surface area contributed by atoms with Crippen LogP contribution in [0.3, 0.4) is 0 Å². The number of carbonyl (C=O) groups excluding carboxylic acids is 1. The number of sulfonamides is 1. The van der Waals surface area contributed by atoms with Gasteiger partial charge in [-0.1, -0.05) is 12.1 Å². The number of carbonyl (C=O) groups is 1. The summed E-state index contributed by atoms with van der Waals surface area (Å²) in [6, 6.07) is 6.53. The van der Waals surface area contributed by atoms with Gasteiger partial charge in [-0.15, -0.1) is 0 Å². The third kappa shape index (κ3) is 3.65. The molecule has 3 N–H and O–H groups in total. The number of nitrogens with one attached hydrogen (secondary N) is 1. The number of alkyl halides is 3. The van der Waals surface area contributed by atoms with Gasteiger partial charge in [0.25, 0.3) is 15.9 Å². The molecule has 128 valence electrons. The lowest BCUT2D eigenvalue weighted by Crippen LogP contribution is -2.19. The molecule has 24 heavy (non-hydrogen) atoms. The molecule has 0 aliphatic carbocycles. The molecule has 0 radical (unpaired) electrons. The van der Waals surface area contributed by atoms with Gasteiger partial charge in [0.2, 0.25) is 0 Å². The van der Waals surface area contributed by atoms with E-state index >= 15 is 0 Å². The van der Waals surface area contributed by atoms with Crippen LogP contribution in [0.15, 0.2) is 47.4 Å². The lowest BCUT2D eigenvalue weighted by Gasteiger charge is -2.13. The van der Waals surface area contributed by atoms with Gasteiger partial charge in [-0.2, -0.15) is 13.2 Å². The number of rotatable bonds is 4. The predicted molar refractivity (Wildman–Crippen MR) is 77.2 cm³/mol. The number of amides is 1. The zero-order chi connectivity index (χ0) is 18.1. The highest BCUT2D eigenvalue weighted by Crippen LogP contribution is 2.33. The summed E-state index contributed by atoms with van der Waals surface area (Å²) in [4.78, 5) is 10.5. The molecule has 1 amide bonds. The van der Waals surface area contributed by atoms with Crippen LogP contribution >= 0.6 is 0 Å². The van der Waals surface area contributed by atoms with E-state index in [-0.39, 0.29) is 17.3 Å². The van der Waals surface area contributed by atoms with Gasteiger partial charge in [0.15, 0.2) is 0 Å². The summed E-state index contributed by atoms with van der Waals surface area (Å²) >= 11 is 0. The van der Waals surface area contributed by atoms with E-state index in [1.165, 1.54) is 24.3 Å². The Hall–Kier alpha value is -2.62. The first-order valence-corrected chi connectivity index (χ1v) is 7.79. The van der Waals surface area contributed by atoms with Gasteiger partial charge < -0.3 is 5.73 Å². The number of benzene rings is 2. The molecule has 0 aliphatic rings. The summed E-state index contributed by atoms with van der Waals surface area (Å²) in [7, 11) is -4.49. The summed E-state index contributed by atoms with van der Waals surface area (Å²) in [5.41, 5.74) is 3.01. The molecule has 0 heterocycles. The number of primary amides is 1. The molecule has 0 fully saturated rings. The standard InChI is InChI=1S/C14H10F4N2O3S/c15-11-6-5-8(7-10(11)14(16,17)18)24(22,23)20-12-4-2-1-3-9(12)13(19)21/h1-7,20H,(H2,19,21). The maximum absolute atomic E-state index is 13.3. The van der Waals surface area contributed by atoms with Crippen LogP contribution in [0.1, 0.15) is 15.9 Å². The molecule has 0 aromatic heterocycles. The lowest BCUT2D eigenvalue weighted by atomic mass is 10.2. The third-order valence-electron chi connectivity index (χ3n) is 2.99. The Morgan fingerprint density at radius 1 is 1.08 bits per heavy atom. The first-order valence-electron chi connectivity index (χ1n) is 6.31.